The second-order valence-corrected chi connectivity index (χ2v) is 10.0. The molecule has 0 unspecified atom stereocenters. The van der Waals surface area contributed by atoms with Crippen molar-refractivity contribution in [1.82, 2.24) is 20.0 Å². The molecule has 0 bridgehead atoms. The largest absolute Gasteiger partial charge is 0.383 e. The topological polar surface area (TPSA) is 71.4 Å². The zero-order chi connectivity index (χ0) is 26.5. The molecule has 1 aliphatic rings. The summed E-state index contributed by atoms with van der Waals surface area (Å²) in [5.74, 6) is 0.263. The van der Waals surface area contributed by atoms with E-state index in [0.29, 0.717) is 23.4 Å². The number of amides is 2. The van der Waals surface area contributed by atoms with E-state index in [1.165, 1.54) is 12.1 Å². The lowest BCUT2D eigenvalue weighted by molar-refractivity contribution is 0.159. The number of aromatic nitrogens is 2. The van der Waals surface area contributed by atoms with Crippen molar-refractivity contribution in [1.29, 1.82) is 0 Å². The number of nitrogens with zero attached hydrogens (tertiary/aromatic N) is 3. The van der Waals surface area contributed by atoms with Crippen molar-refractivity contribution in [2.45, 2.75) is 12.0 Å². The van der Waals surface area contributed by atoms with Crippen molar-refractivity contribution in [2.75, 3.05) is 38.7 Å². The summed E-state index contributed by atoms with van der Waals surface area (Å²) in [6.45, 7) is 2.75. The van der Waals surface area contributed by atoms with Gasteiger partial charge in [0.1, 0.15) is 11.5 Å². The standard InChI is InChI=1S/C29H29BrFN5O2/c1-38-17-16-35-18-24(20-12-14-22(31)15-13-20)25(19-35)32-29(37)33-28-26(30)27(21-8-4-2-5-9-21)34-36(28)23-10-6-3-7-11-23/h2-15,24-25H,16-19H2,1H3,(H2,32,33,37)/t24-,25+/m0/s1. The fraction of sp³-hybridized carbons (Fsp3) is 0.241. The minimum absolute atomic E-state index is 0.0144. The van der Waals surface area contributed by atoms with Crippen molar-refractivity contribution < 1.29 is 13.9 Å². The summed E-state index contributed by atoms with van der Waals surface area (Å²) < 4.78 is 21.3. The first kappa shape index (κ1) is 26.1. The first-order valence-electron chi connectivity index (χ1n) is 12.5. The minimum Gasteiger partial charge on any atom is -0.383 e. The highest BCUT2D eigenvalue weighted by atomic mass is 79.9. The third-order valence-electron chi connectivity index (χ3n) is 6.73. The second-order valence-electron chi connectivity index (χ2n) is 9.24. The molecular formula is C29H29BrFN5O2. The van der Waals surface area contributed by atoms with Crippen LogP contribution in [-0.4, -0.2) is 60.1 Å². The summed E-state index contributed by atoms with van der Waals surface area (Å²) in [6, 6.07) is 25.5. The maximum atomic E-state index is 13.6. The van der Waals surface area contributed by atoms with Crippen LogP contribution in [-0.2, 0) is 4.74 Å². The number of ether oxygens (including phenoxy) is 1. The predicted molar refractivity (Wildman–Crippen MR) is 150 cm³/mol. The van der Waals surface area contributed by atoms with Gasteiger partial charge in [-0.25, -0.2) is 13.9 Å². The Morgan fingerprint density at radius 1 is 1.03 bits per heavy atom. The van der Waals surface area contributed by atoms with Gasteiger partial charge in [0.25, 0.3) is 0 Å². The molecule has 2 heterocycles. The lowest BCUT2D eigenvalue weighted by atomic mass is 9.94. The van der Waals surface area contributed by atoms with E-state index in [9.17, 15) is 9.18 Å². The average Bonchev–Trinajstić information content (AvgIpc) is 3.49. The van der Waals surface area contributed by atoms with Crippen LogP contribution in [0, 0.1) is 5.82 Å². The number of hydrogen-bond donors (Lipinski definition) is 2. The number of carbonyl (C=O) groups is 1. The second kappa shape index (κ2) is 11.9. The Balaban J connectivity index is 1.41. The number of likely N-dealkylation sites (tertiary alicyclic amines) is 1. The smallest absolute Gasteiger partial charge is 0.320 e. The number of carbonyl (C=O) groups excluding carboxylic acids is 1. The summed E-state index contributed by atoms with van der Waals surface area (Å²) in [6.07, 6.45) is 0. The third kappa shape index (κ3) is 5.80. The van der Waals surface area contributed by atoms with Gasteiger partial charge in [0, 0.05) is 38.2 Å². The molecule has 1 aliphatic heterocycles. The molecule has 5 rings (SSSR count). The van der Waals surface area contributed by atoms with E-state index in [1.54, 1.807) is 23.9 Å². The number of anilines is 1. The van der Waals surface area contributed by atoms with Gasteiger partial charge >= 0.3 is 6.03 Å². The van der Waals surface area contributed by atoms with Gasteiger partial charge in [0.05, 0.1) is 22.8 Å². The Kier molecular flexibility index (Phi) is 8.17. The molecule has 38 heavy (non-hydrogen) atoms. The number of para-hydroxylation sites is 1. The minimum atomic E-state index is -0.340. The molecule has 4 aromatic rings. The number of halogens is 2. The molecule has 2 atom stereocenters. The van der Waals surface area contributed by atoms with Crippen molar-refractivity contribution in [3.05, 3.63) is 101 Å². The van der Waals surface area contributed by atoms with Gasteiger partial charge in [-0.15, -0.1) is 0 Å². The van der Waals surface area contributed by atoms with Crippen molar-refractivity contribution in [2.24, 2.45) is 0 Å². The molecule has 1 aromatic heterocycles. The average molecular weight is 578 g/mol. The Morgan fingerprint density at radius 2 is 1.71 bits per heavy atom. The van der Waals surface area contributed by atoms with Gasteiger partial charge in [0.15, 0.2) is 5.82 Å². The molecule has 2 N–H and O–H groups in total. The highest BCUT2D eigenvalue weighted by Gasteiger charge is 2.35. The first-order valence-corrected chi connectivity index (χ1v) is 13.3. The van der Waals surface area contributed by atoms with E-state index in [2.05, 4.69) is 31.5 Å². The number of nitrogens with one attached hydrogen (secondary N) is 2. The van der Waals surface area contributed by atoms with Crippen LogP contribution in [0.3, 0.4) is 0 Å². The number of urea groups is 1. The van der Waals surface area contributed by atoms with Crippen LogP contribution < -0.4 is 10.6 Å². The van der Waals surface area contributed by atoms with Crippen LogP contribution in [0.5, 0.6) is 0 Å². The number of hydrogen-bond acceptors (Lipinski definition) is 4. The SMILES string of the molecule is COCCN1C[C@@H](NC(=O)Nc2c(Br)c(-c3ccccc3)nn2-c2ccccc2)[C@H](c2ccc(F)cc2)C1. The lowest BCUT2D eigenvalue weighted by Crippen LogP contribution is -2.42. The van der Waals surface area contributed by atoms with Gasteiger partial charge in [0.2, 0.25) is 0 Å². The van der Waals surface area contributed by atoms with Crippen LogP contribution in [0.15, 0.2) is 89.4 Å². The third-order valence-corrected chi connectivity index (χ3v) is 7.48. The van der Waals surface area contributed by atoms with Crippen LogP contribution >= 0.6 is 15.9 Å². The van der Waals surface area contributed by atoms with Crippen molar-refractivity contribution in [3.63, 3.8) is 0 Å². The number of methoxy groups -OCH3 is 1. The van der Waals surface area contributed by atoms with Gasteiger partial charge in [-0.2, -0.15) is 5.10 Å². The van der Waals surface area contributed by atoms with Crippen molar-refractivity contribution >= 4 is 27.8 Å². The molecule has 1 fully saturated rings. The summed E-state index contributed by atoms with van der Waals surface area (Å²) in [4.78, 5) is 15.7. The molecule has 3 aromatic carbocycles. The molecule has 0 saturated carbocycles. The van der Waals surface area contributed by atoms with Crippen LogP contribution in [0.25, 0.3) is 16.9 Å². The molecular weight excluding hydrogens is 549 g/mol. The van der Waals surface area contributed by atoms with E-state index >= 15 is 0 Å². The molecule has 1 saturated heterocycles. The quantitative estimate of drug-likeness (QED) is 0.283. The summed E-state index contributed by atoms with van der Waals surface area (Å²) in [7, 11) is 1.67. The normalized spacial score (nSPS) is 17.4. The molecule has 0 aliphatic carbocycles. The van der Waals surface area contributed by atoms with E-state index in [4.69, 9.17) is 9.84 Å². The van der Waals surface area contributed by atoms with Gasteiger partial charge in [-0.1, -0.05) is 60.7 Å². The Hall–Kier alpha value is -3.53. The summed E-state index contributed by atoms with van der Waals surface area (Å²) in [5.41, 5.74) is 3.46. The fourth-order valence-electron chi connectivity index (χ4n) is 4.84. The Labute approximate surface area is 229 Å². The fourth-order valence-corrected chi connectivity index (χ4v) is 5.41. The van der Waals surface area contributed by atoms with Gasteiger partial charge in [-0.3, -0.25) is 10.2 Å². The van der Waals surface area contributed by atoms with Gasteiger partial charge in [-0.05, 0) is 45.8 Å². The van der Waals surface area contributed by atoms with Crippen LogP contribution in [0.2, 0.25) is 0 Å². The Bertz CT molecular complexity index is 1370. The molecule has 0 radical (unpaired) electrons. The molecule has 0 spiro atoms. The van der Waals surface area contributed by atoms with Crippen LogP contribution in [0.4, 0.5) is 15.0 Å². The molecule has 9 heteroatoms. The monoisotopic (exact) mass is 577 g/mol. The van der Waals surface area contributed by atoms with Gasteiger partial charge < -0.3 is 10.1 Å². The van der Waals surface area contributed by atoms with E-state index in [1.807, 2.05) is 60.7 Å². The van der Waals surface area contributed by atoms with E-state index in [-0.39, 0.29) is 23.8 Å². The number of rotatable bonds is 8. The molecule has 7 nitrogen and oxygen atoms in total. The molecule has 2 amide bonds. The van der Waals surface area contributed by atoms with E-state index in [0.717, 1.165) is 35.6 Å². The van der Waals surface area contributed by atoms with Crippen LogP contribution in [0.1, 0.15) is 11.5 Å². The maximum Gasteiger partial charge on any atom is 0.320 e. The first-order chi connectivity index (χ1) is 18.5. The Morgan fingerprint density at radius 3 is 2.39 bits per heavy atom. The lowest BCUT2D eigenvalue weighted by Gasteiger charge is -2.21. The summed E-state index contributed by atoms with van der Waals surface area (Å²) in [5, 5.41) is 11.0. The zero-order valence-corrected chi connectivity index (χ0v) is 22.6. The maximum absolute atomic E-state index is 13.6. The zero-order valence-electron chi connectivity index (χ0n) is 21.0. The summed E-state index contributed by atoms with van der Waals surface area (Å²) >= 11 is 3.69. The predicted octanol–water partition coefficient (Wildman–Crippen LogP) is 5.68. The van der Waals surface area contributed by atoms with Crippen molar-refractivity contribution in [3.8, 4) is 16.9 Å². The number of benzene rings is 3. The van der Waals surface area contributed by atoms with E-state index < -0.39 is 0 Å². The highest BCUT2D eigenvalue weighted by molar-refractivity contribution is 9.10. The highest BCUT2D eigenvalue weighted by Crippen LogP contribution is 2.36. The molecule has 196 valence electrons.